The van der Waals surface area contributed by atoms with Gasteiger partial charge in [0, 0.05) is 5.02 Å². The quantitative estimate of drug-likeness (QED) is 0.843. The molecule has 0 spiro atoms. The van der Waals surface area contributed by atoms with Gasteiger partial charge in [0.05, 0.1) is 17.7 Å². The molecule has 116 valence electrons. The first kappa shape index (κ1) is 19.5. The molecule has 0 aromatic heterocycles. The van der Waals surface area contributed by atoms with Crippen LogP contribution in [0, 0.1) is 0 Å². The maximum absolute atomic E-state index is 12.7. The molecule has 1 aromatic carbocycles. The number of rotatable bonds is 5. The number of aliphatic hydroxyl groups excluding tert-OH is 1. The van der Waals surface area contributed by atoms with Gasteiger partial charge in [0.2, 0.25) is 0 Å². The van der Waals surface area contributed by atoms with Crippen LogP contribution in [0.1, 0.15) is 43.4 Å². The summed E-state index contributed by atoms with van der Waals surface area (Å²) in [6, 6.07) is 2.27. The average Bonchev–Trinajstić information content (AvgIpc) is 2.33. The number of hydrogen-bond acceptors (Lipinski definition) is 2. The Kier molecular flexibility index (Phi) is 7.88. The van der Waals surface area contributed by atoms with Crippen LogP contribution in [0.25, 0.3) is 0 Å². The molecule has 2 nitrogen and oxygen atoms in total. The smallest absolute Gasteiger partial charge is 0.391 e. The van der Waals surface area contributed by atoms with Crippen LogP contribution in [0.15, 0.2) is 18.2 Å². The van der Waals surface area contributed by atoms with Gasteiger partial charge in [-0.25, -0.2) is 0 Å². The van der Waals surface area contributed by atoms with E-state index in [2.05, 4.69) is 0 Å². The Bertz CT molecular complexity index is 427. The highest BCUT2D eigenvalue weighted by Crippen LogP contribution is 2.33. The van der Waals surface area contributed by atoms with Crippen LogP contribution in [0.5, 0.6) is 0 Å². The van der Waals surface area contributed by atoms with Gasteiger partial charge in [-0.1, -0.05) is 31.4 Å². The number of alkyl halides is 3. The van der Waals surface area contributed by atoms with Gasteiger partial charge in [0.25, 0.3) is 0 Å². The van der Waals surface area contributed by atoms with Gasteiger partial charge in [-0.2, -0.15) is 13.2 Å². The highest BCUT2D eigenvalue weighted by Gasteiger charge is 2.32. The Morgan fingerprint density at radius 1 is 1.30 bits per heavy atom. The maximum Gasteiger partial charge on any atom is 0.416 e. The topological polar surface area (TPSA) is 46.2 Å². The van der Waals surface area contributed by atoms with Crippen LogP contribution in [0.4, 0.5) is 13.2 Å². The zero-order valence-electron chi connectivity index (χ0n) is 11.0. The van der Waals surface area contributed by atoms with Gasteiger partial charge < -0.3 is 10.8 Å². The first-order valence-electron chi connectivity index (χ1n) is 6.07. The molecular weight excluding hydrogens is 314 g/mol. The molecule has 3 N–H and O–H groups in total. The monoisotopic (exact) mass is 331 g/mol. The number of halogens is 5. The maximum atomic E-state index is 12.7. The molecule has 1 rings (SSSR count). The Morgan fingerprint density at radius 3 is 2.40 bits per heavy atom. The first-order chi connectivity index (χ1) is 8.75. The van der Waals surface area contributed by atoms with E-state index in [9.17, 15) is 18.3 Å². The summed E-state index contributed by atoms with van der Waals surface area (Å²) in [5.74, 6) is 0. The van der Waals surface area contributed by atoms with E-state index in [1.165, 1.54) is 6.07 Å². The fraction of sp³-hybridized carbons (Fsp3) is 0.538. The molecule has 0 aliphatic rings. The molecular formula is C13H18Cl2F3NO. The molecule has 0 amide bonds. The molecule has 0 heterocycles. The lowest BCUT2D eigenvalue weighted by Crippen LogP contribution is -2.26. The first-order valence-corrected chi connectivity index (χ1v) is 6.44. The third kappa shape index (κ3) is 5.48. The molecule has 7 heteroatoms. The Morgan fingerprint density at radius 2 is 1.90 bits per heavy atom. The molecule has 0 bridgehead atoms. The average molecular weight is 332 g/mol. The van der Waals surface area contributed by atoms with Crippen molar-refractivity contribution in [3.05, 3.63) is 34.3 Å². The van der Waals surface area contributed by atoms with Gasteiger partial charge in [0.15, 0.2) is 0 Å². The van der Waals surface area contributed by atoms with E-state index in [4.69, 9.17) is 17.3 Å². The third-order valence-electron chi connectivity index (χ3n) is 2.90. The minimum atomic E-state index is -4.48. The van der Waals surface area contributed by atoms with Gasteiger partial charge >= 0.3 is 6.18 Å². The van der Waals surface area contributed by atoms with E-state index in [-0.39, 0.29) is 23.0 Å². The van der Waals surface area contributed by atoms with Crippen molar-refractivity contribution in [3.8, 4) is 0 Å². The summed E-state index contributed by atoms with van der Waals surface area (Å²) in [5, 5.41) is 9.80. The normalized spacial score (nSPS) is 14.6. The van der Waals surface area contributed by atoms with Crippen molar-refractivity contribution < 1.29 is 18.3 Å². The van der Waals surface area contributed by atoms with Crippen LogP contribution < -0.4 is 5.73 Å². The van der Waals surface area contributed by atoms with Gasteiger partial charge in [-0.15, -0.1) is 12.4 Å². The van der Waals surface area contributed by atoms with E-state index >= 15 is 0 Å². The van der Waals surface area contributed by atoms with Crippen LogP contribution in [-0.2, 0) is 6.18 Å². The van der Waals surface area contributed by atoms with Crippen molar-refractivity contribution in [3.63, 3.8) is 0 Å². The summed E-state index contributed by atoms with van der Waals surface area (Å²) >= 11 is 5.67. The zero-order valence-corrected chi connectivity index (χ0v) is 12.5. The molecule has 0 saturated carbocycles. The minimum absolute atomic E-state index is 0. The van der Waals surface area contributed by atoms with Crippen molar-refractivity contribution >= 4 is 24.0 Å². The minimum Gasteiger partial charge on any atom is -0.391 e. The van der Waals surface area contributed by atoms with E-state index < -0.39 is 23.9 Å². The fourth-order valence-corrected chi connectivity index (χ4v) is 2.03. The summed E-state index contributed by atoms with van der Waals surface area (Å²) in [6.45, 7) is 1.96. The SMILES string of the molecule is CCCC[C@H](O)[C@H](N)c1cc(Cl)cc(C(F)(F)F)c1.Cl. The summed E-state index contributed by atoms with van der Waals surface area (Å²) in [6.07, 6.45) is -3.26. The van der Waals surface area contributed by atoms with Crippen LogP contribution in [-0.4, -0.2) is 11.2 Å². The van der Waals surface area contributed by atoms with Gasteiger partial charge in [-0.05, 0) is 30.2 Å². The summed E-state index contributed by atoms with van der Waals surface area (Å²) < 4.78 is 38.0. The molecule has 20 heavy (non-hydrogen) atoms. The summed E-state index contributed by atoms with van der Waals surface area (Å²) in [7, 11) is 0. The number of aliphatic hydroxyl groups is 1. The highest BCUT2D eigenvalue weighted by atomic mass is 35.5. The molecule has 1 aromatic rings. The van der Waals surface area contributed by atoms with Crippen LogP contribution in [0.3, 0.4) is 0 Å². The van der Waals surface area contributed by atoms with Gasteiger partial charge in [-0.3, -0.25) is 0 Å². The van der Waals surface area contributed by atoms with E-state index in [1.807, 2.05) is 6.92 Å². The molecule has 0 fully saturated rings. The second kappa shape index (κ2) is 8.08. The predicted molar refractivity (Wildman–Crippen MR) is 76.2 cm³/mol. The number of unbranched alkanes of at least 4 members (excludes halogenated alkanes) is 1. The molecule has 0 unspecified atom stereocenters. The zero-order chi connectivity index (χ0) is 14.6. The van der Waals surface area contributed by atoms with E-state index in [0.29, 0.717) is 6.42 Å². The van der Waals surface area contributed by atoms with Crippen molar-refractivity contribution in [1.82, 2.24) is 0 Å². The lowest BCUT2D eigenvalue weighted by Gasteiger charge is -2.20. The molecule has 2 atom stereocenters. The van der Waals surface area contributed by atoms with Crippen LogP contribution in [0.2, 0.25) is 5.02 Å². The Hall–Kier alpha value is -0.490. The van der Waals surface area contributed by atoms with Gasteiger partial charge in [0.1, 0.15) is 0 Å². The lowest BCUT2D eigenvalue weighted by molar-refractivity contribution is -0.137. The second-order valence-corrected chi connectivity index (χ2v) is 4.94. The van der Waals surface area contributed by atoms with E-state index in [0.717, 1.165) is 25.0 Å². The molecule has 0 aliphatic heterocycles. The van der Waals surface area contributed by atoms with Crippen molar-refractivity contribution in [2.24, 2.45) is 5.73 Å². The second-order valence-electron chi connectivity index (χ2n) is 4.51. The van der Waals surface area contributed by atoms with Crippen molar-refractivity contribution in [1.29, 1.82) is 0 Å². The van der Waals surface area contributed by atoms with Crippen molar-refractivity contribution in [2.45, 2.75) is 44.5 Å². The lowest BCUT2D eigenvalue weighted by atomic mass is 9.97. The number of hydrogen-bond donors (Lipinski definition) is 2. The Balaban J connectivity index is 0.00000361. The fourth-order valence-electron chi connectivity index (χ4n) is 1.78. The van der Waals surface area contributed by atoms with Crippen molar-refractivity contribution in [2.75, 3.05) is 0 Å². The molecule has 0 radical (unpaired) electrons. The number of benzene rings is 1. The highest BCUT2D eigenvalue weighted by molar-refractivity contribution is 6.30. The molecule has 0 aliphatic carbocycles. The largest absolute Gasteiger partial charge is 0.416 e. The Labute approximate surface area is 127 Å². The number of nitrogens with two attached hydrogens (primary N) is 1. The van der Waals surface area contributed by atoms with Crippen LogP contribution >= 0.6 is 24.0 Å². The summed E-state index contributed by atoms with van der Waals surface area (Å²) in [4.78, 5) is 0. The van der Waals surface area contributed by atoms with E-state index in [1.54, 1.807) is 0 Å². The predicted octanol–water partition coefficient (Wildman–Crippen LogP) is 4.33. The summed E-state index contributed by atoms with van der Waals surface area (Å²) in [5.41, 5.74) is 5.13. The standard InChI is InChI=1S/C13H17ClF3NO.ClH/c1-2-3-4-11(19)12(18)8-5-9(13(15,16)17)7-10(14)6-8;/h5-7,11-12,19H,2-4,18H2,1H3;1H/t11-,12+;/m0./s1. The third-order valence-corrected chi connectivity index (χ3v) is 3.12. The molecule has 0 saturated heterocycles.